The lowest BCUT2D eigenvalue weighted by Crippen LogP contribution is -2.28. The molecule has 0 amide bonds. The maximum atomic E-state index is 9.07. The van der Waals surface area contributed by atoms with Gasteiger partial charge in [0.15, 0.2) is 0 Å². The van der Waals surface area contributed by atoms with Crippen LogP contribution >= 0.6 is 0 Å². The summed E-state index contributed by atoms with van der Waals surface area (Å²) in [7, 11) is 0. The summed E-state index contributed by atoms with van der Waals surface area (Å²) in [6, 6.07) is 0. The smallest absolute Gasteiger partial charge is 0.0433 e. The van der Waals surface area contributed by atoms with Gasteiger partial charge in [0.05, 0.1) is 0 Å². The number of unbranched alkanes of at least 4 members (excludes halogenated alkanes) is 1. The van der Waals surface area contributed by atoms with Gasteiger partial charge in [0.2, 0.25) is 0 Å². The van der Waals surface area contributed by atoms with Gasteiger partial charge in [0.25, 0.3) is 0 Å². The van der Waals surface area contributed by atoms with E-state index in [0.29, 0.717) is 11.3 Å². The van der Waals surface area contributed by atoms with Crippen molar-refractivity contribution in [3.63, 3.8) is 0 Å². The predicted molar refractivity (Wildman–Crippen MR) is 64.8 cm³/mol. The van der Waals surface area contributed by atoms with E-state index >= 15 is 0 Å². The van der Waals surface area contributed by atoms with E-state index in [1.807, 2.05) is 0 Å². The fourth-order valence-electron chi connectivity index (χ4n) is 2.40. The first-order chi connectivity index (χ1) is 7.14. The topological polar surface area (TPSA) is 40.5 Å². The summed E-state index contributed by atoms with van der Waals surface area (Å²) < 4.78 is 0. The molecule has 0 fully saturated rings. The van der Waals surface area contributed by atoms with Crippen LogP contribution < -0.4 is 0 Å². The van der Waals surface area contributed by atoms with Crippen LogP contribution in [-0.2, 0) is 0 Å². The molecule has 0 aliphatic heterocycles. The molecule has 0 saturated carbocycles. The van der Waals surface area contributed by atoms with Crippen molar-refractivity contribution in [2.75, 3.05) is 13.2 Å². The van der Waals surface area contributed by atoms with E-state index < -0.39 is 0 Å². The molecule has 0 heterocycles. The van der Waals surface area contributed by atoms with Gasteiger partial charge in [-0.2, -0.15) is 0 Å². The van der Waals surface area contributed by atoms with Gasteiger partial charge >= 0.3 is 0 Å². The third-order valence-electron chi connectivity index (χ3n) is 3.85. The van der Waals surface area contributed by atoms with Crippen LogP contribution in [0.4, 0.5) is 0 Å². The Morgan fingerprint density at radius 2 is 1.60 bits per heavy atom. The first-order valence-corrected chi connectivity index (χ1v) is 6.36. The molecule has 0 aromatic carbocycles. The molecule has 0 aliphatic carbocycles. The van der Waals surface area contributed by atoms with Crippen molar-refractivity contribution in [3.8, 4) is 0 Å². The quantitative estimate of drug-likeness (QED) is 0.622. The lowest BCUT2D eigenvalue weighted by Gasteiger charge is -2.37. The number of hydrogen-bond acceptors (Lipinski definition) is 2. The lowest BCUT2D eigenvalue weighted by atomic mass is 9.69. The van der Waals surface area contributed by atoms with Crippen molar-refractivity contribution < 1.29 is 10.2 Å². The van der Waals surface area contributed by atoms with E-state index in [1.165, 1.54) is 19.3 Å². The predicted octanol–water partition coefficient (Wildman–Crippen LogP) is 2.97. The molecule has 0 aromatic heterocycles. The molecule has 0 saturated heterocycles. The highest BCUT2D eigenvalue weighted by Crippen LogP contribution is 2.40. The summed E-state index contributed by atoms with van der Waals surface area (Å²) in [6.07, 6.45) is 6.48. The van der Waals surface area contributed by atoms with Gasteiger partial charge < -0.3 is 10.2 Å². The van der Waals surface area contributed by atoms with Crippen molar-refractivity contribution in [1.29, 1.82) is 0 Å². The molecule has 2 nitrogen and oxygen atoms in total. The van der Waals surface area contributed by atoms with Gasteiger partial charge in [0, 0.05) is 13.2 Å². The first kappa shape index (κ1) is 14.9. The van der Waals surface area contributed by atoms with E-state index in [4.69, 9.17) is 10.2 Å². The molecule has 0 rings (SSSR count). The summed E-state index contributed by atoms with van der Waals surface area (Å²) in [5.41, 5.74) is 0.293. The minimum atomic E-state index is 0.242. The van der Waals surface area contributed by atoms with E-state index in [-0.39, 0.29) is 13.2 Å². The molecule has 0 aliphatic rings. The Balaban J connectivity index is 4.37. The molecule has 0 bridgehead atoms. The summed E-state index contributed by atoms with van der Waals surface area (Å²) in [5.74, 6) is 0.462. The van der Waals surface area contributed by atoms with Crippen LogP contribution in [0.2, 0.25) is 0 Å². The van der Waals surface area contributed by atoms with Gasteiger partial charge in [0.1, 0.15) is 0 Å². The molecule has 15 heavy (non-hydrogen) atoms. The van der Waals surface area contributed by atoms with Gasteiger partial charge in [-0.25, -0.2) is 0 Å². The van der Waals surface area contributed by atoms with Crippen molar-refractivity contribution in [2.45, 2.75) is 59.3 Å². The summed E-state index contributed by atoms with van der Waals surface area (Å²) >= 11 is 0. The average Bonchev–Trinajstić information content (AvgIpc) is 2.25. The van der Waals surface area contributed by atoms with Crippen LogP contribution in [0, 0.1) is 11.3 Å². The highest BCUT2D eigenvalue weighted by Gasteiger charge is 2.30. The van der Waals surface area contributed by atoms with Crippen molar-refractivity contribution >= 4 is 0 Å². The van der Waals surface area contributed by atoms with Crippen molar-refractivity contribution in [1.82, 2.24) is 0 Å². The van der Waals surface area contributed by atoms with Gasteiger partial charge in [-0.3, -0.25) is 0 Å². The lowest BCUT2D eigenvalue weighted by molar-refractivity contribution is 0.0939. The number of aliphatic hydroxyl groups is 2. The summed E-state index contributed by atoms with van der Waals surface area (Å²) in [5, 5.41) is 18.1. The summed E-state index contributed by atoms with van der Waals surface area (Å²) in [6.45, 7) is 7.22. The normalized spacial score (nSPS) is 15.6. The third kappa shape index (κ3) is 4.98. The van der Waals surface area contributed by atoms with Crippen molar-refractivity contribution in [2.24, 2.45) is 11.3 Å². The Hall–Kier alpha value is -0.0800. The second-order valence-corrected chi connectivity index (χ2v) is 4.83. The SMILES string of the molecule is CCCCC(C)(CC)C(CCO)CCO. The van der Waals surface area contributed by atoms with Gasteiger partial charge in [-0.1, -0.05) is 40.0 Å². The molecule has 1 atom stereocenters. The van der Waals surface area contributed by atoms with Crippen LogP contribution in [0.3, 0.4) is 0 Å². The third-order valence-corrected chi connectivity index (χ3v) is 3.85. The number of hydrogen-bond donors (Lipinski definition) is 2. The molecule has 2 heteroatoms. The second-order valence-electron chi connectivity index (χ2n) is 4.83. The molecular formula is C13H28O2. The van der Waals surface area contributed by atoms with Crippen LogP contribution in [0.15, 0.2) is 0 Å². The fraction of sp³-hybridized carbons (Fsp3) is 1.00. The van der Waals surface area contributed by atoms with E-state index in [1.54, 1.807) is 0 Å². The zero-order valence-electron chi connectivity index (χ0n) is 10.6. The van der Waals surface area contributed by atoms with Crippen LogP contribution in [0.5, 0.6) is 0 Å². The zero-order valence-corrected chi connectivity index (χ0v) is 10.6. The van der Waals surface area contributed by atoms with Gasteiger partial charge in [-0.15, -0.1) is 0 Å². The molecule has 0 spiro atoms. The highest BCUT2D eigenvalue weighted by atomic mass is 16.3. The molecule has 0 radical (unpaired) electrons. The molecule has 92 valence electrons. The monoisotopic (exact) mass is 216 g/mol. The molecule has 0 aromatic rings. The first-order valence-electron chi connectivity index (χ1n) is 6.36. The maximum absolute atomic E-state index is 9.07. The molecule has 1 unspecified atom stereocenters. The summed E-state index contributed by atoms with van der Waals surface area (Å²) in [4.78, 5) is 0. The van der Waals surface area contributed by atoms with E-state index in [0.717, 1.165) is 19.3 Å². The van der Waals surface area contributed by atoms with Crippen LogP contribution in [0.1, 0.15) is 59.3 Å². The fourth-order valence-corrected chi connectivity index (χ4v) is 2.40. The highest BCUT2D eigenvalue weighted by molar-refractivity contribution is 4.81. The van der Waals surface area contributed by atoms with Gasteiger partial charge in [-0.05, 0) is 30.6 Å². The minimum absolute atomic E-state index is 0.242. The number of aliphatic hydroxyl groups excluding tert-OH is 2. The minimum Gasteiger partial charge on any atom is -0.396 e. The zero-order chi connectivity index (χ0) is 11.7. The Morgan fingerprint density at radius 3 is 1.93 bits per heavy atom. The van der Waals surface area contributed by atoms with E-state index in [2.05, 4.69) is 20.8 Å². The van der Waals surface area contributed by atoms with Crippen molar-refractivity contribution in [3.05, 3.63) is 0 Å². The largest absolute Gasteiger partial charge is 0.396 e. The Morgan fingerprint density at radius 1 is 1.07 bits per heavy atom. The number of rotatable bonds is 9. The molecule has 2 N–H and O–H groups in total. The Bertz CT molecular complexity index is 141. The average molecular weight is 216 g/mol. The van der Waals surface area contributed by atoms with E-state index in [9.17, 15) is 0 Å². The Kier molecular flexibility index (Phi) is 8.07. The Labute approximate surface area is 94.7 Å². The molecular weight excluding hydrogens is 188 g/mol. The standard InChI is InChI=1S/C13H28O2/c1-4-6-9-13(3,5-2)12(7-10-14)8-11-15/h12,14-15H,4-11H2,1-3H3. The second kappa shape index (κ2) is 8.12. The van der Waals surface area contributed by atoms with Crippen LogP contribution in [0.25, 0.3) is 0 Å². The van der Waals surface area contributed by atoms with Crippen LogP contribution in [-0.4, -0.2) is 23.4 Å². The maximum Gasteiger partial charge on any atom is 0.0433 e.